The number of rotatable bonds is 4. The van der Waals surface area contributed by atoms with Crippen LogP contribution >= 0.6 is 0 Å². The number of aliphatic imine (C=N–C) groups is 1. The van der Waals surface area contributed by atoms with Crippen molar-refractivity contribution in [2.24, 2.45) is 4.99 Å². The van der Waals surface area contributed by atoms with Crippen LogP contribution in [0.25, 0.3) is 0 Å². The van der Waals surface area contributed by atoms with Crippen molar-refractivity contribution in [1.29, 1.82) is 0 Å². The average Bonchev–Trinajstić information content (AvgIpc) is 2.38. The summed E-state index contributed by atoms with van der Waals surface area (Å²) in [5, 5.41) is 0. The van der Waals surface area contributed by atoms with Crippen LogP contribution in [0.3, 0.4) is 0 Å². The van der Waals surface area contributed by atoms with E-state index in [1.54, 1.807) is 6.21 Å². The topological polar surface area (TPSA) is 60.3 Å². The second-order valence-corrected chi connectivity index (χ2v) is 6.22. The first kappa shape index (κ1) is 12.4. The van der Waals surface area contributed by atoms with Gasteiger partial charge in [-0.05, 0) is 25.2 Å². The van der Waals surface area contributed by atoms with Crippen LogP contribution in [0.4, 0.5) is 5.69 Å². The molecular weight excluding hydrogens is 244 g/mol. The molecule has 92 valence electrons. The van der Waals surface area contributed by atoms with Crippen LogP contribution in [-0.4, -0.2) is 30.2 Å². The molecule has 0 aliphatic carbocycles. The maximum atomic E-state index is 5.81. The van der Waals surface area contributed by atoms with Gasteiger partial charge in [0, 0.05) is 0 Å². The number of benzene rings is 1. The van der Waals surface area contributed by atoms with Crippen molar-refractivity contribution in [1.82, 2.24) is 15.0 Å². The second kappa shape index (κ2) is 6.01. The van der Waals surface area contributed by atoms with E-state index >= 15 is 0 Å². The molecule has 0 radical (unpaired) electrons. The SMILES string of the molecule is C[SiH](C)Oc1ccccc1N=Cc1ncncn1. The summed E-state index contributed by atoms with van der Waals surface area (Å²) < 4.78 is 5.81. The lowest BCUT2D eigenvalue weighted by Crippen LogP contribution is -2.11. The van der Waals surface area contributed by atoms with Crippen LogP contribution < -0.4 is 4.43 Å². The summed E-state index contributed by atoms with van der Waals surface area (Å²) in [5.74, 6) is 1.34. The molecule has 0 unspecified atom stereocenters. The predicted octanol–water partition coefficient (Wildman–Crippen LogP) is 1.98. The van der Waals surface area contributed by atoms with E-state index in [0.717, 1.165) is 11.4 Å². The summed E-state index contributed by atoms with van der Waals surface area (Å²) in [6, 6.07) is 7.69. The van der Waals surface area contributed by atoms with E-state index in [-0.39, 0.29) is 0 Å². The number of para-hydroxylation sites is 2. The van der Waals surface area contributed by atoms with Gasteiger partial charge in [-0.25, -0.2) is 19.9 Å². The van der Waals surface area contributed by atoms with Gasteiger partial charge in [0.2, 0.25) is 9.04 Å². The van der Waals surface area contributed by atoms with E-state index in [1.807, 2.05) is 24.3 Å². The van der Waals surface area contributed by atoms with Gasteiger partial charge in [-0.15, -0.1) is 0 Å². The van der Waals surface area contributed by atoms with E-state index in [4.69, 9.17) is 4.43 Å². The monoisotopic (exact) mass is 258 g/mol. The highest BCUT2D eigenvalue weighted by atomic mass is 28.3. The van der Waals surface area contributed by atoms with E-state index < -0.39 is 9.04 Å². The molecule has 0 aliphatic heterocycles. The van der Waals surface area contributed by atoms with Crippen molar-refractivity contribution < 1.29 is 4.43 Å². The predicted molar refractivity (Wildman–Crippen MR) is 73.0 cm³/mol. The van der Waals surface area contributed by atoms with Crippen LogP contribution in [0.5, 0.6) is 5.75 Å². The molecule has 1 heterocycles. The fourth-order valence-electron chi connectivity index (χ4n) is 1.36. The molecule has 18 heavy (non-hydrogen) atoms. The number of hydrogen-bond acceptors (Lipinski definition) is 5. The minimum absolute atomic E-state index is 0.529. The summed E-state index contributed by atoms with van der Waals surface area (Å²) in [7, 11) is -1.14. The number of nitrogens with zero attached hydrogens (tertiary/aromatic N) is 4. The molecule has 0 atom stereocenters. The van der Waals surface area contributed by atoms with Crippen molar-refractivity contribution in [2.75, 3.05) is 0 Å². The average molecular weight is 258 g/mol. The zero-order valence-electron chi connectivity index (χ0n) is 10.3. The summed E-state index contributed by atoms with van der Waals surface area (Å²) in [6.45, 7) is 4.24. The van der Waals surface area contributed by atoms with Crippen LogP contribution in [0.1, 0.15) is 5.82 Å². The Morgan fingerprint density at radius 3 is 2.61 bits per heavy atom. The Labute approximate surface area is 107 Å². The fourth-order valence-corrected chi connectivity index (χ4v) is 2.07. The molecule has 0 amide bonds. The van der Waals surface area contributed by atoms with E-state index in [1.165, 1.54) is 12.7 Å². The maximum absolute atomic E-state index is 5.81. The summed E-state index contributed by atoms with van der Waals surface area (Å²) >= 11 is 0. The van der Waals surface area contributed by atoms with E-state index in [2.05, 4.69) is 33.0 Å². The van der Waals surface area contributed by atoms with Gasteiger partial charge in [-0.3, -0.25) is 0 Å². The van der Waals surface area contributed by atoms with Gasteiger partial charge in [-0.2, -0.15) is 0 Å². The first-order chi connectivity index (χ1) is 8.75. The molecule has 0 saturated heterocycles. The quantitative estimate of drug-likeness (QED) is 0.621. The first-order valence-corrected chi connectivity index (χ1v) is 8.45. The largest absolute Gasteiger partial charge is 0.546 e. The molecule has 0 fully saturated rings. The molecule has 0 bridgehead atoms. The lowest BCUT2D eigenvalue weighted by Gasteiger charge is -2.10. The van der Waals surface area contributed by atoms with Gasteiger partial charge in [-0.1, -0.05) is 12.1 Å². The van der Waals surface area contributed by atoms with Crippen molar-refractivity contribution in [3.8, 4) is 5.75 Å². The Balaban J connectivity index is 2.21. The smallest absolute Gasteiger partial charge is 0.229 e. The highest BCUT2D eigenvalue weighted by molar-refractivity contribution is 6.49. The minimum atomic E-state index is -1.14. The molecule has 2 aromatic rings. The van der Waals surface area contributed by atoms with Crippen molar-refractivity contribution in [3.63, 3.8) is 0 Å². The zero-order valence-corrected chi connectivity index (χ0v) is 11.5. The van der Waals surface area contributed by atoms with Gasteiger partial charge in [0.05, 0.1) is 6.21 Å². The Bertz CT molecular complexity index is 531. The molecule has 2 rings (SSSR count). The maximum Gasteiger partial charge on any atom is 0.229 e. The van der Waals surface area contributed by atoms with Crippen LogP contribution in [-0.2, 0) is 0 Å². The second-order valence-electron chi connectivity index (χ2n) is 3.89. The van der Waals surface area contributed by atoms with Gasteiger partial charge in [0.15, 0.2) is 5.82 Å². The van der Waals surface area contributed by atoms with Gasteiger partial charge < -0.3 is 4.43 Å². The molecule has 5 nitrogen and oxygen atoms in total. The Hall–Kier alpha value is -2.08. The van der Waals surface area contributed by atoms with Gasteiger partial charge in [0.25, 0.3) is 0 Å². The fraction of sp³-hybridized carbons (Fsp3) is 0.167. The lowest BCUT2D eigenvalue weighted by atomic mass is 10.3. The highest BCUT2D eigenvalue weighted by Crippen LogP contribution is 2.27. The zero-order chi connectivity index (χ0) is 12.8. The summed E-state index contributed by atoms with van der Waals surface area (Å²) in [6.07, 6.45) is 4.49. The Morgan fingerprint density at radius 1 is 1.17 bits per heavy atom. The van der Waals surface area contributed by atoms with Crippen molar-refractivity contribution in [2.45, 2.75) is 13.1 Å². The van der Waals surface area contributed by atoms with E-state index in [9.17, 15) is 0 Å². The molecule has 0 saturated carbocycles. The highest BCUT2D eigenvalue weighted by Gasteiger charge is 2.03. The third-order valence-corrected chi connectivity index (χ3v) is 2.79. The molecule has 0 N–H and O–H groups in total. The van der Waals surface area contributed by atoms with Crippen LogP contribution in [0.15, 0.2) is 41.9 Å². The molecular formula is C12H14N4OSi. The molecule has 1 aromatic carbocycles. The third-order valence-electron chi connectivity index (χ3n) is 2.06. The number of aromatic nitrogens is 3. The van der Waals surface area contributed by atoms with Crippen LogP contribution in [0, 0.1) is 0 Å². The third kappa shape index (κ3) is 3.46. The Kier molecular flexibility index (Phi) is 4.14. The standard InChI is InChI=1S/C12H14N4OSi/c1-18(2)17-11-6-4-3-5-10(11)14-7-12-15-8-13-9-16-12/h3-9,18H,1-2H3. The molecule has 0 aliphatic rings. The minimum Gasteiger partial charge on any atom is -0.546 e. The van der Waals surface area contributed by atoms with Crippen molar-refractivity contribution in [3.05, 3.63) is 42.7 Å². The normalized spacial score (nSPS) is 11.1. The van der Waals surface area contributed by atoms with Crippen molar-refractivity contribution >= 4 is 20.9 Å². The van der Waals surface area contributed by atoms with Gasteiger partial charge >= 0.3 is 0 Å². The molecule has 0 spiro atoms. The summed E-state index contributed by atoms with van der Waals surface area (Å²) in [4.78, 5) is 16.1. The van der Waals surface area contributed by atoms with Crippen LogP contribution in [0.2, 0.25) is 13.1 Å². The summed E-state index contributed by atoms with van der Waals surface area (Å²) in [5.41, 5.74) is 0.791. The first-order valence-electron chi connectivity index (χ1n) is 5.67. The Morgan fingerprint density at radius 2 is 1.89 bits per heavy atom. The number of hydrogen-bond donors (Lipinski definition) is 0. The van der Waals surface area contributed by atoms with E-state index in [0.29, 0.717) is 5.82 Å². The lowest BCUT2D eigenvalue weighted by molar-refractivity contribution is 0.582. The van der Waals surface area contributed by atoms with Gasteiger partial charge in [0.1, 0.15) is 24.1 Å². The molecule has 6 heteroatoms. The molecule has 1 aromatic heterocycles.